The Hall–Kier alpha value is -1.84. The molecule has 18 heavy (non-hydrogen) atoms. The molecule has 1 rings (SSSR count). The molecule has 0 N–H and O–H groups in total. The van der Waals surface area contributed by atoms with Crippen LogP contribution in [0, 0.1) is 5.92 Å². The van der Waals surface area contributed by atoms with Gasteiger partial charge >= 0.3 is 5.97 Å². The van der Waals surface area contributed by atoms with Crippen LogP contribution in [0.15, 0.2) is 18.2 Å². The first kappa shape index (κ1) is 14.2. The lowest BCUT2D eigenvalue weighted by Crippen LogP contribution is -2.09. The van der Waals surface area contributed by atoms with E-state index in [1.165, 1.54) is 20.1 Å². The number of benzene rings is 1. The minimum Gasteiger partial charge on any atom is -0.493 e. The van der Waals surface area contributed by atoms with E-state index in [4.69, 9.17) is 4.74 Å². The van der Waals surface area contributed by atoms with Crippen molar-refractivity contribution in [3.05, 3.63) is 29.3 Å². The number of rotatable bonds is 5. The van der Waals surface area contributed by atoms with E-state index in [0.717, 1.165) is 0 Å². The molecular weight excluding hydrogens is 232 g/mol. The lowest BCUT2D eigenvalue weighted by atomic mass is 10.1. The Bertz CT molecular complexity index is 449. The zero-order chi connectivity index (χ0) is 13.7. The largest absolute Gasteiger partial charge is 0.493 e. The molecule has 1 aromatic rings. The summed E-state index contributed by atoms with van der Waals surface area (Å²) in [6.07, 6.45) is 0. The van der Waals surface area contributed by atoms with Crippen LogP contribution in [0.1, 0.15) is 41.5 Å². The van der Waals surface area contributed by atoms with Crippen LogP contribution in [-0.4, -0.2) is 25.5 Å². The summed E-state index contributed by atoms with van der Waals surface area (Å²) in [5.41, 5.74) is 0.748. The lowest BCUT2D eigenvalue weighted by molar-refractivity contribution is 0.0600. The van der Waals surface area contributed by atoms with Crippen molar-refractivity contribution in [3.63, 3.8) is 0 Å². The van der Waals surface area contributed by atoms with Gasteiger partial charge in [0.15, 0.2) is 5.78 Å². The van der Waals surface area contributed by atoms with Crippen molar-refractivity contribution < 1.29 is 19.1 Å². The monoisotopic (exact) mass is 250 g/mol. The molecule has 1 aromatic carbocycles. The van der Waals surface area contributed by atoms with E-state index < -0.39 is 5.97 Å². The average molecular weight is 250 g/mol. The number of Topliss-reactive ketones (excluding diaryl/α,β-unsaturated/α-hetero) is 1. The minimum atomic E-state index is -0.465. The molecule has 0 heterocycles. The molecule has 0 atom stereocenters. The first-order valence-corrected chi connectivity index (χ1v) is 5.81. The third kappa shape index (κ3) is 3.58. The molecule has 0 fully saturated rings. The number of hydrogen-bond acceptors (Lipinski definition) is 4. The SMILES string of the molecule is COC(=O)c1ccc(OCC(C)C)c(C(C)=O)c1. The zero-order valence-electron chi connectivity index (χ0n) is 11.1. The summed E-state index contributed by atoms with van der Waals surface area (Å²) >= 11 is 0. The molecule has 4 heteroatoms. The molecule has 0 aromatic heterocycles. The number of ether oxygens (including phenoxy) is 2. The Labute approximate surface area is 107 Å². The van der Waals surface area contributed by atoms with Crippen LogP contribution in [0.5, 0.6) is 5.75 Å². The number of methoxy groups -OCH3 is 1. The lowest BCUT2D eigenvalue weighted by Gasteiger charge is -2.12. The van der Waals surface area contributed by atoms with E-state index in [2.05, 4.69) is 4.74 Å². The molecule has 0 bridgehead atoms. The van der Waals surface area contributed by atoms with Gasteiger partial charge in [0.05, 0.1) is 24.8 Å². The molecule has 0 saturated carbocycles. The second-order valence-corrected chi connectivity index (χ2v) is 4.46. The standard InChI is InChI=1S/C14H18O4/c1-9(2)8-18-13-6-5-11(14(16)17-4)7-12(13)10(3)15/h5-7,9H,8H2,1-4H3. The average Bonchev–Trinajstić information content (AvgIpc) is 2.34. The molecule has 0 aliphatic rings. The fourth-order valence-corrected chi connectivity index (χ4v) is 1.43. The molecule has 98 valence electrons. The van der Waals surface area contributed by atoms with Crippen molar-refractivity contribution in [1.82, 2.24) is 0 Å². The number of carbonyl (C=O) groups is 2. The summed E-state index contributed by atoms with van der Waals surface area (Å²) in [5, 5.41) is 0. The Morgan fingerprint density at radius 3 is 2.44 bits per heavy atom. The highest BCUT2D eigenvalue weighted by atomic mass is 16.5. The summed E-state index contributed by atoms with van der Waals surface area (Å²) in [5.74, 6) is 0.265. The van der Waals surface area contributed by atoms with Crippen LogP contribution in [0.2, 0.25) is 0 Å². The Morgan fingerprint density at radius 2 is 1.94 bits per heavy atom. The topological polar surface area (TPSA) is 52.6 Å². The fourth-order valence-electron chi connectivity index (χ4n) is 1.43. The van der Waals surface area contributed by atoms with E-state index in [0.29, 0.717) is 29.4 Å². The molecule has 0 saturated heterocycles. The van der Waals surface area contributed by atoms with Gasteiger partial charge in [0.25, 0.3) is 0 Å². The van der Waals surface area contributed by atoms with Gasteiger partial charge in [0.1, 0.15) is 5.75 Å². The maximum absolute atomic E-state index is 11.5. The highest BCUT2D eigenvalue weighted by Gasteiger charge is 2.14. The number of carbonyl (C=O) groups excluding carboxylic acids is 2. The van der Waals surface area contributed by atoms with Crippen molar-refractivity contribution in [2.24, 2.45) is 5.92 Å². The quantitative estimate of drug-likeness (QED) is 0.595. The van der Waals surface area contributed by atoms with Crippen LogP contribution < -0.4 is 4.74 Å². The van der Waals surface area contributed by atoms with Crippen molar-refractivity contribution in [3.8, 4) is 5.75 Å². The van der Waals surface area contributed by atoms with E-state index in [1.807, 2.05) is 13.8 Å². The molecule has 4 nitrogen and oxygen atoms in total. The Kier molecular flexibility index (Phi) is 4.89. The predicted octanol–water partition coefficient (Wildman–Crippen LogP) is 2.71. The maximum Gasteiger partial charge on any atom is 0.337 e. The number of ketones is 1. The molecular formula is C14H18O4. The molecule has 0 aliphatic carbocycles. The van der Waals surface area contributed by atoms with E-state index in [1.54, 1.807) is 12.1 Å². The van der Waals surface area contributed by atoms with Crippen molar-refractivity contribution >= 4 is 11.8 Å². The van der Waals surface area contributed by atoms with Gasteiger partial charge in [-0.25, -0.2) is 4.79 Å². The van der Waals surface area contributed by atoms with Gasteiger partial charge in [0.2, 0.25) is 0 Å². The van der Waals surface area contributed by atoms with Crippen molar-refractivity contribution in [1.29, 1.82) is 0 Å². The number of hydrogen-bond donors (Lipinski definition) is 0. The predicted molar refractivity (Wildman–Crippen MR) is 68.1 cm³/mol. The van der Waals surface area contributed by atoms with E-state index in [9.17, 15) is 9.59 Å². The van der Waals surface area contributed by atoms with Gasteiger partial charge in [-0.3, -0.25) is 4.79 Å². The Morgan fingerprint density at radius 1 is 1.28 bits per heavy atom. The third-order valence-corrected chi connectivity index (χ3v) is 2.35. The second-order valence-electron chi connectivity index (χ2n) is 4.46. The van der Waals surface area contributed by atoms with Crippen LogP contribution in [0.4, 0.5) is 0 Å². The van der Waals surface area contributed by atoms with Crippen LogP contribution >= 0.6 is 0 Å². The number of esters is 1. The van der Waals surface area contributed by atoms with Crippen LogP contribution in [-0.2, 0) is 4.74 Å². The minimum absolute atomic E-state index is 0.139. The van der Waals surface area contributed by atoms with Gasteiger partial charge in [-0.2, -0.15) is 0 Å². The normalized spacial score (nSPS) is 10.3. The highest BCUT2D eigenvalue weighted by molar-refractivity contribution is 6.00. The summed E-state index contributed by atoms with van der Waals surface area (Å²) in [4.78, 5) is 22.9. The maximum atomic E-state index is 11.5. The fraction of sp³-hybridized carbons (Fsp3) is 0.429. The molecule has 0 radical (unpaired) electrons. The summed E-state index contributed by atoms with van der Waals surface area (Å²) in [6, 6.07) is 4.73. The van der Waals surface area contributed by atoms with Gasteiger partial charge < -0.3 is 9.47 Å². The molecule has 0 aliphatic heterocycles. The van der Waals surface area contributed by atoms with E-state index in [-0.39, 0.29) is 5.78 Å². The summed E-state index contributed by atoms with van der Waals surface area (Å²) in [7, 11) is 1.30. The molecule has 0 amide bonds. The summed E-state index contributed by atoms with van der Waals surface area (Å²) in [6.45, 7) is 6.02. The van der Waals surface area contributed by atoms with Gasteiger partial charge in [-0.05, 0) is 31.0 Å². The van der Waals surface area contributed by atoms with Gasteiger partial charge in [0, 0.05) is 0 Å². The van der Waals surface area contributed by atoms with Crippen LogP contribution in [0.3, 0.4) is 0 Å². The van der Waals surface area contributed by atoms with Crippen molar-refractivity contribution in [2.75, 3.05) is 13.7 Å². The molecule has 0 unspecified atom stereocenters. The van der Waals surface area contributed by atoms with E-state index >= 15 is 0 Å². The Balaban J connectivity index is 3.04. The zero-order valence-corrected chi connectivity index (χ0v) is 11.1. The van der Waals surface area contributed by atoms with Gasteiger partial charge in [-0.1, -0.05) is 13.8 Å². The second kappa shape index (κ2) is 6.19. The highest BCUT2D eigenvalue weighted by Crippen LogP contribution is 2.22. The van der Waals surface area contributed by atoms with Crippen molar-refractivity contribution in [2.45, 2.75) is 20.8 Å². The van der Waals surface area contributed by atoms with Crippen LogP contribution in [0.25, 0.3) is 0 Å². The first-order chi connectivity index (χ1) is 8.45. The first-order valence-electron chi connectivity index (χ1n) is 5.81. The third-order valence-electron chi connectivity index (χ3n) is 2.35. The molecule has 0 spiro atoms. The summed E-state index contributed by atoms with van der Waals surface area (Å²) < 4.78 is 10.2. The smallest absolute Gasteiger partial charge is 0.337 e. The van der Waals surface area contributed by atoms with Gasteiger partial charge in [-0.15, -0.1) is 0 Å².